The van der Waals surface area contributed by atoms with Crippen molar-refractivity contribution in [2.75, 3.05) is 13.7 Å². The Hall–Kier alpha value is -1.07. The molecule has 0 aromatic heterocycles. The summed E-state index contributed by atoms with van der Waals surface area (Å²) in [5.41, 5.74) is -0.398. The lowest BCUT2D eigenvalue weighted by Crippen LogP contribution is -2.26. The summed E-state index contributed by atoms with van der Waals surface area (Å²) in [6.07, 6.45) is -4.36. The van der Waals surface area contributed by atoms with Gasteiger partial charge in [-0.3, -0.25) is 0 Å². The van der Waals surface area contributed by atoms with Crippen LogP contribution in [0.3, 0.4) is 0 Å². The number of ether oxygens (including phenoxy) is 1. The molecule has 0 heterocycles. The van der Waals surface area contributed by atoms with Crippen LogP contribution >= 0.6 is 0 Å². The molecular formula is C13H18F3NO. The lowest BCUT2D eigenvalue weighted by Gasteiger charge is -2.22. The molecule has 0 aliphatic rings. The zero-order valence-electron chi connectivity index (χ0n) is 10.7. The molecule has 0 bridgehead atoms. The van der Waals surface area contributed by atoms with E-state index in [0.717, 1.165) is 6.07 Å². The van der Waals surface area contributed by atoms with E-state index in [1.54, 1.807) is 13.1 Å². The van der Waals surface area contributed by atoms with E-state index in [1.165, 1.54) is 12.1 Å². The molecule has 1 rings (SSSR count). The Balaban J connectivity index is 2.98. The molecule has 0 aliphatic carbocycles. The maximum Gasteiger partial charge on any atom is 0.416 e. The number of halogens is 3. The highest BCUT2D eigenvalue weighted by molar-refractivity contribution is 5.32. The third kappa shape index (κ3) is 3.99. The van der Waals surface area contributed by atoms with Crippen LogP contribution in [0.2, 0.25) is 0 Å². The Kier molecular flexibility index (Phi) is 5.16. The SMILES string of the molecule is CNC(COC(C)C)c1ccccc1C(F)(F)F. The predicted octanol–water partition coefficient (Wildman–Crippen LogP) is 3.39. The van der Waals surface area contributed by atoms with E-state index >= 15 is 0 Å². The molecule has 5 heteroatoms. The van der Waals surface area contributed by atoms with Crippen molar-refractivity contribution in [1.82, 2.24) is 5.32 Å². The molecule has 0 saturated carbocycles. The minimum absolute atomic E-state index is 0.0149. The number of alkyl halides is 3. The van der Waals surface area contributed by atoms with Crippen molar-refractivity contribution in [1.29, 1.82) is 0 Å². The summed E-state index contributed by atoms with van der Waals surface area (Å²) in [4.78, 5) is 0. The Labute approximate surface area is 105 Å². The van der Waals surface area contributed by atoms with Gasteiger partial charge in [-0.2, -0.15) is 13.2 Å². The minimum Gasteiger partial charge on any atom is -0.377 e. The summed E-state index contributed by atoms with van der Waals surface area (Å²) in [6, 6.07) is 5.10. The van der Waals surface area contributed by atoms with Gasteiger partial charge < -0.3 is 10.1 Å². The fourth-order valence-corrected chi connectivity index (χ4v) is 1.68. The van der Waals surface area contributed by atoms with Crippen LogP contribution in [0.15, 0.2) is 24.3 Å². The van der Waals surface area contributed by atoms with Gasteiger partial charge in [0.25, 0.3) is 0 Å². The third-order valence-electron chi connectivity index (χ3n) is 2.59. The van der Waals surface area contributed by atoms with Crippen molar-refractivity contribution in [2.45, 2.75) is 32.2 Å². The number of rotatable bonds is 5. The fraction of sp³-hybridized carbons (Fsp3) is 0.538. The molecular weight excluding hydrogens is 243 g/mol. The Morgan fingerprint density at radius 3 is 2.33 bits per heavy atom. The first kappa shape index (κ1) is 15.0. The molecule has 1 atom stereocenters. The van der Waals surface area contributed by atoms with Crippen molar-refractivity contribution in [2.24, 2.45) is 0 Å². The molecule has 1 aromatic carbocycles. The van der Waals surface area contributed by atoms with Crippen LogP contribution in [-0.4, -0.2) is 19.8 Å². The minimum atomic E-state index is -4.34. The topological polar surface area (TPSA) is 21.3 Å². The van der Waals surface area contributed by atoms with Crippen LogP contribution < -0.4 is 5.32 Å². The van der Waals surface area contributed by atoms with E-state index in [-0.39, 0.29) is 18.3 Å². The first-order valence-corrected chi connectivity index (χ1v) is 5.81. The molecule has 0 radical (unpaired) electrons. The lowest BCUT2D eigenvalue weighted by molar-refractivity contribution is -0.138. The average molecular weight is 261 g/mol. The highest BCUT2D eigenvalue weighted by Crippen LogP contribution is 2.34. The number of hydrogen-bond donors (Lipinski definition) is 1. The fourth-order valence-electron chi connectivity index (χ4n) is 1.68. The number of likely N-dealkylation sites (N-methyl/N-ethyl adjacent to an activating group) is 1. The van der Waals surface area contributed by atoms with Crippen LogP contribution in [-0.2, 0) is 10.9 Å². The summed E-state index contributed by atoms with van der Waals surface area (Å²) in [5, 5.41) is 2.86. The molecule has 0 saturated heterocycles. The van der Waals surface area contributed by atoms with E-state index < -0.39 is 17.8 Å². The Morgan fingerprint density at radius 2 is 1.83 bits per heavy atom. The van der Waals surface area contributed by atoms with Crippen molar-refractivity contribution >= 4 is 0 Å². The summed E-state index contributed by atoms with van der Waals surface area (Å²) >= 11 is 0. The van der Waals surface area contributed by atoms with Gasteiger partial charge in [0.2, 0.25) is 0 Å². The molecule has 0 aliphatic heterocycles. The molecule has 0 fully saturated rings. The van der Waals surface area contributed by atoms with Crippen LogP contribution in [0.1, 0.15) is 31.0 Å². The largest absolute Gasteiger partial charge is 0.416 e. The standard InChI is InChI=1S/C13H18F3NO/c1-9(2)18-8-12(17-3)10-6-4-5-7-11(10)13(14,15)16/h4-7,9,12,17H,8H2,1-3H3. The summed E-state index contributed by atoms with van der Waals surface area (Å²) in [5.74, 6) is 0. The summed E-state index contributed by atoms with van der Waals surface area (Å²) in [7, 11) is 1.63. The van der Waals surface area contributed by atoms with Gasteiger partial charge in [-0.25, -0.2) is 0 Å². The zero-order chi connectivity index (χ0) is 13.8. The molecule has 2 nitrogen and oxygen atoms in total. The molecule has 1 N–H and O–H groups in total. The van der Waals surface area contributed by atoms with Crippen LogP contribution in [0.5, 0.6) is 0 Å². The van der Waals surface area contributed by atoms with E-state index in [4.69, 9.17) is 4.74 Å². The average Bonchev–Trinajstić information content (AvgIpc) is 2.29. The third-order valence-corrected chi connectivity index (χ3v) is 2.59. The van der Waals surface area contributed by atoms with Gasteiger partial charge in [0.1, 0.15) is 0 Å². The predicted molar refractivity (Wildman–Crippen MR) is 64.3 cm³/mol. The van der Waals surface area contributed by atoms with Gasteiger partial charge in [-0.15, -0.1) is 0 Å². The second kappa shape index (κ2) is 6.20. The molecule has 0 amide bonds. The van der Waals surface area contributed by atoms with E-state index in [1.807, 2.05) is 13.8 Å². The van der Waals surface area contributed by atoms with Gasteiger partial charge in [0.15, 0.2) is 0 Å². The van der Waals surface area contributed by atoms with Gasteiger partial charge in [0, 0.05) is 0 Å². The smallest absolute Gasteiger partial charge is 0.377 e. The molecule has 0 spiro atoms. The number of nitrogens with one attached hydrogen (secondary N) is 1. The van der Waals surface area contributed by atoms with Gasteiger partial charge >= 0.3 is 6.18 Å². The van der Waals surface area contributed by atoms with Crippen LogP contribution in [0.4, 0.5) is 13.2 Å². The first-order chi connectivity index (χ1) is 8.36. The maximum atomic E-state index is 12.9. The highest BCUT2D eigenvalue weighted by Gasteiger charge is 2.34. The highest BCUT2D eigenvalue weighted by atomic mass is 19.4. The molecule has 1 unspecified atom stereocenters. The van der Waals surface area contributed by atoms with Crippen molar-refractivity contribution < 1.29 is 17.9 Å². The van der Waals surface area contributed by atoms with Crippen LogP contribution in [0.25, 0.3) is 0 Å². The molecule has 1 aromatic rings. The quantitative estimate of drug-likeness (QED) is 0.877. The zero-order valence-corrected chi connectivity index (χ0v) is 10.7. The lowest BCUT2D eigenvalue weighted by atomic mass is 10.0. The van der Waals surface area contributed by atoms with Crippen molar-refractivity contribution in [3.05, 3.63) is 35.4 Å². The van der Waals surface area contributed by atoms with Gasteiger partial charge in [-0.05, 0) is 32.5 Å². The van der Waals surface area contributed by atoms with Crippen molar-refractivity contribution in [3.8, 4) is 0 Å². The summed E-state index contributed by atoms with van der Waals surface area (Å²) in [6.45, 7) is 3.91. The normalized spacial score (nSPS) is 13.9. The molecule has 102 valence electrons. The monoisotopic (exact) mass is 261 g/mol. The van der Waals surface area contributed by atoms with Gasteiger partial charge in [0.05, 0.1) is 24.3 Å². The van der Waals surface area contributed by atoms with E-state index in [9.17, 15) is 13.2 Å². The maximum absolute atomic E-state index is 12.9. The van der Waals surface area contributed by atoms with Crippen molar-refractivity contribution in [3.63, 3.8) is 0 Å². The van der Waals surface area contributed by atoms with Gasteiger partial charge in [-0.1, -0.05) is 18.2 Å². The molecule has 18 heavy (non-hydrogen) atoms. The Bertz CT molecular complexity index is 377. The second-order valence-corrected chi connectivity index (χ2v) is 4.31. The van der Waals surface area contributed by atoms with E-state index in [0.29, 0.717) is 0 Å². The number of benzene rings is 1. The second-order valence-electron chi connectivity index (χ2n) is 4.31. The summed E-state index contributed by atoms with van der Waals surface area (Å²) < 4.78 is 44.0. The van der Waals surface area contributed by atoms with Crippen LogP contribution in [0, 0.1) is 0 Å². The van der Waals surface area contributed by atoms with E-state index in [2.05, 4.69) is 5.32 Å². The number of hydrogen-bond acceptors (Lipinski definition) is 2. The Morgan fingerprint density at radius 1 is 1.22 bits per heavy atom. The first-order valence-electron chi connectivity index (χ1n) is 5.81.